The molecule has 0 aliphatic carbocycles. The third-order valence-corrected chi connectivity index (χ3v) is 5.12. The Morgan fingerprint density at radius 2 is 1.44 bits per heavy atom. The summed E-state index contributed by atoms with van der Waals surface area (Å²) in [4.78, 5) is 3.34. The highest BCUT2D eigenvalue weighted by molar-refractivity contribution is 9.10. The van der Waals surface area contributed by atoms with E-state index in [2.05, 4.69) is 45.2 Å². The molecule has 0 fully saturated rings. The SMILES string of the molecule is O[C@H](c1ccccc1)[C@@H](c1ccccc1)c1c[nH]c2ccc(Br)cc12. The van der Waals surface area contributed by atoms with Gasteiger partial charge in [0, 0.05) is 27.5 Å². The van der Waals surface area contributed by atoms with Crippen molar-refractivity contribution in [3.63, 3.8) is 0 Å². The van der Waals surface area contributed by atoms with Crippen LogP contribution in [0.2, 0.25) is 0 Å². The van der Waals surface area contributed by atoms with E-state index in [0.717, 1.165) is 32.1 Å². The highest BCUT2D eigenvalue weighted by Crippen LogP contribution is 2.40. The van der Waals surface area contributed by atoms with Crippen molar-refractivity contribution in [3.05, 3.63) is 106 Å². The minimum Gasteiger partial charge on any atom is -0.387 e. The van der Waals surface area contributed by atoms with E-state index in [4.69, 9.17) is 0 Å². The summed E-state index contributed by atoms with van der Waals surface area (Å²) in [5.41, 5.74) is 4.18. The summed E-state index contributed by atoms with van der Waals surface area (Å²) in [6.45, 7) is 0. The summed E-state index contributed by atoms with van der Waals surface area (Å²) in [5, 5.41) is 12.3. The second-order valence-corrected chi connectivity index (χ2v) is 7.09. The number of hydrogen-bond acceptors (Lipinski definition) is 1. The first kappa shape index (κ1) is 16.1. The van der Waals surface area contributed by atoms with Gasteiger partial charge in [-0.15, -0.1) is 0 Å². The first-order valence-corrected chi connectivity index (χ1v) is 9.08. The van der Waals surface area contributed by atoms with E-state index >= 15 is 0 Å². The van der Waals surface area contributed by atoms with E-state index in [0.29, 0.717) is 0 Å². The normalized spacial score (nSPS) is 13.7. The number of halogens is 1. The number of benzene rings is 3. The molecule has 25 heavy (non-hydrogen) atoms. The highest BCUT2D eigenvalue weighted by Gasteiger charge is 2.26. The van der Waals surface area contributed by atoms with E-state index < -0.39 is 6.10 Å². The smallest absolute Gasteiger partial charge is 0.0899 e. The van der Waals surface area contributed by atoms with Gasteiger partial charge in [-0.1, -0.05) is 76.6 Å². The molecule has 3 aromatic carbocycles. The average molecular weight is 392 g/mol. The molecule has 0 unspecified atom stereocenters. The second-order valence-electron chi connectivity index (χ2n) is 6.18. The van der Waals surface area contributed by atoms with Crippen molar-refractivity contribution < 1.29 is 5.11 Å². The van der Waals surface area contributed by atoms with Crippen molar-refractivity contribution in [1.82, 2.24) is 4.98 Å². The standard InChI is InChI=1S/C22H18BrNO/c23-17-11-12-20-18(13-17)19(14-24-20)21(15-7-3-1-4-8-15)22(25)16-9-5-2-6-10-16/h1-14,21-22,24-25H/t21-,22+/m0/s1. The zero-order chi connectivity index (χ0) is 17.2. The first-order valence-electron chi connectivity index (χ1n) is 8.28. The van der Waals surface area contributed by atoms with Gasteiger partial charge in [-0.05, 0) is 34.9 Å². The van der Waals surface area contributed by atoms with E-state index in [1.54, 1.807) is 0 Å². The highest BCUT2D eigenvalue weighted by atomic mass is 79.9. The molecule has 2 nitrogen and oxygen atoms in total. The van der Waals surface area contributed by atoms with Gasteiger partial charge < -0.3 is 10.1 Å². The van der Waals surface area contributed by atoms with Crippen LogP contribution >= 0.6 is 15.9 Å². The third kappa shape index (κ3) is 3.13. The molecule has 2 atom stereocenters. The van der Waals surface area contributed by atoms with Crippen LogP contribution in [0.3, 0.4) is 0 Å². The predicted molar refractivity (Wildman–Crippen MR) is 106 cm³/mol. The Bertz CT molecular complexity index is 979. The van der Waals surface area contributed by atoms with Gasteiger partial charge in [-0.2, -0.15) is 0 Å². The van der Waals surface area contributed by atoms with Crippen molar-refractivity contribution >= 4 is 26.8 Å². The molecule has 0 spiro atoms. The van der Waals surface area contributed by atoms with Gasteiger partial charge >= 0.3 is 0 Å². The Hall–Kier alpha value is -2.36. The van der Waals surface area contributed by atoms with Crippen LogP contribution < -0.4 is 0 Å². The Kier molecular flexibility index (Phi) is 4.43. The van der Waals surface area contributed by atoms with Gasteiger partial charge in [0.1, 0.15) is 0 Å². The van der Waals surface area contributed by atoms with Crippen LogP contribution in [0.25, 0.3) is 10.9 Å². The molecule has 0 saturated heterocycles. The summed E-state index contributed by atoms with van der Waals surface area (Å²) < 4.78 is 1.03. The van der Waals surface area contributed by atoms with Gasteiger partial charge in [0.05, 0.1) is 6.10 Å². The lowest BCUT2D eigenvalue weighted by atomic mass is 9.83. The number of aliphatic hydroxyl groups is 1. The fourth-order valence-electron chi connectivity index (χ4n) is 3.41. The molecule has 0 aliphatic heterocycles. The van der Waals surface area contributed by atoms with Crippen LogP contribution in [0.15, 0.2) is 89.5 Å². The molecule has 0 amide bonds. The number of hydrogen-bond donors (Lipinski definition) is 2. The van der Waals surface area contributed by atoms with Crippen molar-refractivity contribution in [2.75, 3.05) is 0 Å². The lowest BCUT2D eigenvalue weighted by molar-refractivity contribution is 0.159. The van der Waals surface area contributed by atoms with Crippen molar-refractivity contribution in [2.24, 2.45) is 0 Å². The zero-order valence-corrected chi connectivity index (χ0v) is 15.1. The predicted octanol–water partition coefficient (Wildman–Crippen LogP) is 5.80. The van der Waals surface area contributed by atoms with E-state index in [1.165, 1.54) is 0 Å². The number of aromatic nitrogens is 1. The van der Waals surface area contributed by atoms with Crippen LogP contribution in [0.5, 0.6) is 0 Å². The molecule has 3 heteroatoms. The minimum absolute atomic E-state index is 0.147. The lowest BCUT2D eigenvalue weighted by Gasteiger charge is -2.24. The molecule has 1 heterocycles. The van der Waals surface area contributed by atoms with Gasteiger partial charge in [-0.3, -0.25) is 0 Å². The molecular weight excluding hydrogens is 374 g/mol. The zero-order valence-electron chi connectivity index (χ0n) is 13.6. The second kappa shape index (κ2) is 6.87. The molecule has 124 valence electrons. The Morgan fingerprint density at radius 3 is 2.12 bits per heavy atom. The summed E-state index contributed by atoms with van der Waals surface area (Å²) in [6, 6.07) is 26.2. The monoisotopic (exact) mass is 391 g/mol. The first-order chi connectivity index (χ1) is 12.2. The molecule has 1 aromatic heterocycles. The minimum atomic E-state index is -0.624. The van der Waals surface area contributed by atoms with Gasteiger partial charge in [0.15, 0.2) is 0 Å². The summed E-state index contributed by atoms with van der Waals surface area (Å²) in [7, 11) is 0. The van der Waals surface area contributed by atoms with E-state index in [-0.39, 0.29) is 5.92 Å². The van der Waals surface area contributed by atoms with Gasteiger partial charge in [0.2, 0.25) is 0 Å². The lowest BCUT2D eigenvalue weighted by Crippen LogP contribution is -2.12. The van der Waals surface area contributed by atoms with Crippen LogP contribution in [-0.2, 0) is 0 Å². The fourth-order valence-corrected chi connectivity index (χ4v) is 3.77. The van der Waals surface area contributed by atoms with Crippen LogP contribution in [0.4, 0.5) is 0 Å². The van der Waals surface area contributed by atoms with Gasteiger partial charge in [-0.25, -0.2) is 0 Å². The van der Waals surface area contributed by atoms with E-state index in [1.807, 2.05) is 60.8 Å². The molecular formula is C22H18BrNO. The van der Waals surface area contributed by atoms with Crippen molar-refractivity contribution in [1.29, 1.82) is 0 Å². The summed E-state index contributed by atoms with van der Waals surface area (Å²) in [5.74, 6) is -0.147. The Labute approximate surface area is 155 Å². The Balaban J connectivity index is 1.90. The van der Waals surface area contributed by atoms with Crippen molar-refractivity contribution in [3.8, 4) is 0 Å². The Morgan fingerprint density at radius 1 is 0.800 bits per heavy atom. The summed E-state index contributed by atoms with van der Waals surface area (Å²) >= 11 is 3.56. The fraction of sp³-hybridized carbons (Fsp3) is 0.0909. The van der Waals surface area contributed by atoms with Crippen LogP contribution in [0, 0.1) is 0 Å². The number of fused-ring (bicyclic) bond motifs is 1. The number of nitrogens with one attached hydrogen (secondary N) is 1. The molecule has 0 radical (unpaired) electrons. The molecule has 0 aliphatic rings. The van der Waals surface area contributed by atoms with Crippen molar-refractivity contribution in [2.45, 2.75) is 12.0 Å². The molecule has 0 bridgehead atoms. The van der Waals surface area contributed by atoms with Crippen LogP contribution in [-0.4, -0.2) is 10.1 Å². The topological polar surface area (TPSA) is 36.0 Å². The van der Waals surface area contributed by atoms with Crippen LogP contribution in [0.1, 0.15) is 28.7 Å². The summed E-state index contributed by atoms with van der Waals surface area (Å²) in [6.07, 6.45) is 1.39. The molecule has 0 saturated carbocycles. The number of H-pyrrole nitrogens is 1. The quantitative estimate of drug-likeness (QED) is 0.453. The maximum Gasteiger partial charge on any atom is 0.0899 e. The number of aromatic amines is 1. The van der Waals surface area contributed by atoms with Gasteiger partial charge in [0.25, 0.3) is 0 Å². The molecule has 2 N–H and O–H groups in total. The maximum atomic E-state index is 11.2. The number of aliphatic hydroxyl groups excluding tert-OH is 1. The third-order valence-electron chi connectivity index (χ3n) is 4.63. The average Bonchev–Trinajstić information content (AvgIpc) is 3.06. The molecule has 4 rings (SSSR count). The largest absolute Gasteiger partial charge is 0.387 e. The molecule has 4 aromatic rings. The van der Waals surface area contributed by atoms with E-state index in [9.17, 15) is 5.11 Å². The maximum absolute atomic E-state index is 11.2. The number of rotatable bonds is 4.